The molecule has 0 fully saturated rings. The Bertz CT molecular complexity index is 1360. The quantitative estimate of drug-likeness (QED) is 0.426. The number of carbonyl (C=O) groups excluding carboxylic acids is 1. The molecule has 0 bridgehead atoms. The summed E-state index contributed by atoms with van der Waals surface area (Å²) in [7, 11) is 3.39. The topological polar surface area (TPSA) is 77.3 Å². The smallest absolute Gasteiger partial charge is 0.295 e. The lowest BCUT2D eigenvalue weighted by Crippen LogP contribution is -2.30. The number of nitrogens with one attached hydrogen (secondary N) is 2. The van der Waals surface area contributed by atoms with Crippen molar-refractivity contribution in [3.8, 4) is 11.4 Å². The zero-order valence-electron chi connectivity index (χ0n) is 19.7. The second-order valence-corrected chi connectivity index (χ2v) is 8.12. The number of aryl methyl sites for hydroxylation is 1. The average Bonchev–Trinajstić information content (AvgIpc) is 3.06. The highest BCUT2D eigenvalue weighted by molar-refractivity contribution is 5.98. The molecule has 4 rings (SSSR count). The lowest BCUT2D eigenvalue weighted by atomic mass is 10.1. The average molecular weight is 457 g/mol. The minimum Gasteiger partial charge on any atom is -0.495 e. The second-order valence-electron chi connectivity index (χ2n) is 8.12. The Labute approximate surface area is 198 Å². The van der Waals surface area contributed by atoms with E-state index < -0.39 is 6.04 Å². The van der Waals surface area contributed by atoms with Crippen molar-refractivity contribution < 1.29 is 9.53 Å². The minimum atomic E-state index is -0.801. The van der Waals surface area contributed by atoms with Crippen molar-refractivity contribution in [3.05, 3.63) is 106 Å². The molecule has 1 heterocycles. The van der Waals surface area contributed by atoms with Crippen molar-refractivity contribution in [2.24, 2.45) is 7.05 Å². The van der Waals surface area contributed by atoms with E-state index in [4.69, 9.17) is 4.74 Å². The maximum absolute atomic E-state index is 13.5. The summed E-state index contributed by atoms with van der Waals surface area (Å²) in [6.07, 6.45) is 0. The summed E-state index contributed by atoms with van der Waals surface area (Å²) < 4.78 is 8.79. The number of hydrogen-bond donors (Lipinski definition) is 2. The van der Waals surface area contributed by atoms with Crippen molar-refractivity contribution in [1.29, 1.82) is 0 Å². The van der Waals surface area contributed by atoms with Gasteiger partial charge >= 0.3 is 0 Å². The third-order valence-electron chi connectivity index (χ3n) is 5.85. The fourth-order valence-corrected chi connectivity index (χ4v) is 3.95. The molecular weight excluding hydrogens is 428 g/mol. The number of anilines is 2. The van der Waals surface area contributed by atoms with E-state index in [0.717, 1.165) is 22.5 Å². The Balaban J connectivity index is 1.74. The van der Waals surface area contributed by atoms with Gasteiger partial charge in [-0.3, -0.25) is 14.3 Å². The van der Waals surface area contributed by atoms with Crippen LogP contribution in [-0.2, 0) is 11.8 Å². The van der Waals surface area contributed by atoms with Gasteiger partial charge in [-0.05, 0) is 49.2 Å². The minimum absolute atomic E-state index is 0.229. The monoisotopic (exact) mass is 456 g/mol. The molecule has 0 aliphatic rings. The Kier molecular flexibility index (Phi) is 6.54. The first-order valence-electron chi connectivity index (χ1n) is 11.0. The molecule has 0 unspecified atom stereocenters. The number of methoxy groups -OCH3 is 1. The molecule has 7 nitrogen and oxygen atoms in total. The van der Waals surface area contributed by atoms with Crippen LogP contribution in [0.2, 0.25) is 0 Å². The summed E-state index contributed by atoms with van der Waals surface area (Å²) in [4.78, 5) is 27.0. The Morgan fingerprint density at radius 2 is 1.59 bits per heavy atom. The maximum Gasteiger partial charge on any atom is 0.295 e. The van der Waals surface area contributed by atoms with Crippen LogP contribution in [0.3, 0.4) is 0 Å². The maximum atomic E-state index is 13.5. The van der Waals surface area contributed by atoms with Gasteiger partial charge in [0.1, 0.15) is 17.5 Å². The van der Waals surface area contributed by atoms with Crippen molar-refractivity contribution >= 4 is 17.3 Å². The zero-order chi connectivity index (χ0) is 24.2. The largest absolute Gasteiger partial charge is 0.495 e. The second kappa shape index (κ2) is 9.70. The van der Waals surface area contributed by atoms with Gasteiger partial charge in [0.05, 0.1) is 24.2 Å². The van der Waals surface area contributed by atoms with Gasteiger partial charge in [-0.15, -0.1) is 0 Å². The summed E-state index contributed by atoms with van der Waals surface area (Å²) in [5.74, 6) is 0.261. The van der Waals surface area contributed by atoms with Gasteiger partial charge < -0.3 is 15.4 Å². The van der Waals surface area contributed by atoms with Gasteiger partial charge in [0, 0.05) is 7.05 Å². The summed E-state index contributed by atoms with van der Waals surface area (Å²) >= 11 is 0. The number of hydrogen-bond acceptors (Lipinski definition) is 4. The lowest BCUT2D eigenvalue weighted by Gasteiger charge is -2.20. The summed E-state index contributed by atoms with van der Waals surface area (Å²) in [5, 5.41) is 6.20. The standard InChI is InChI=1S/C27H28N4O3/c1-18-15-16-23(34-4)22(17-18)28-26(32)25(20-11-7-5-8-12-20)29-24-19(2)30(3)31(27(24)33)21-13-9-6-10-14-21/h5-17,25,29H,1-4H3,(H,28,32)/t25-/m1/s1. The molecule has 4 aromatic rings. The fourth-order valence-electron chi connectivity index (χ4n) is 3.95. The highest BCUT2D eigenvalue weighted by Crippen LogP contribution is 2.28. The normalized spacial score (nSPS) is 11.6. The zero-order valence-corrected chi connectivity index (χ0v) is 19.7. The molecular formula is C27H28N4O3. The number of carbonyl (C=O) groups is 1. The van der Waals surface area contributed by atoms with Crippen molar-refractivity contribution in [2.75, 3.05) is 17.7 Å². The molecule has 174 valence electrons. The Morgan fingerprint density at radius 3 is 2.24 bits per heavy atom. The molecule has 0 radical (unpaired) electrons. The van der Waals surface area contributed by atoms with E-state index in [0.29, 0.717) is 17.1 Å². The summed E-state index contributed by atoms with van der Waals surface area (Å²) in [6.45, 7) is 3.80. The van der Waals surface area contributed by atoms with E-state index in [9.17, 15) is 9.59 Å². The summed E-state index contributed by atoms with van der Waals surface area (Å²) in [5.41, 5.74) is 3.90. The first-order chi connectivity index (χ1) is 16.4. The Morgan fingerprint density at radius 1 is 0.941 bits per heavy atom. The van der Waals surface area contributed by atoms with Crippen LogP contribution in [-0.4, -0.2) is 22.4 Å². The predicted octanol–water partition coefficient (Wildman–Crippen LogP) is 4.59. The van der Waals surface area contributed by atoms with E-state index >= 15 is 0 Å². The molecule has 1 atom stereocenters. The first kappa shape index (κ1) is 22.9. The lowest BCUT2D eigenvalue weighted by molar-refractivity contribution is -0.117. The van der Waals surface area contributed by atoms with E-state index in [-0.39, 0.29) is 11.5 Å². The summed E-state index contributed by atoms with van der Waals surface area (Å²) in [6, 6.07) is 23.5. The molecule has 34 heavy (non-hydrogen) atoms. The molecule has 1 aromatic heterocycles. The molecule has 0 aliphatic carbocycles. The van der Waals surface area contributed by atoms with Crippen LogP contribution < -0.4 is 20.9 Å². The van der Waals surface area contributed by atoms with Gasteiger partial charge in [-0.1, -0.05) is 54.6 Å². The van der Waals surface area contributed by atoms with Gasteiger partial charge in [0.25, 0.3) is 11.5 Å². The highest BCUT2D eigenvalue weighted by Gasteiger charge is 2.26. The van der Waals surface area contributed by atoms with Gasteiger partial charge in [0.15, 0.2) is 0 Å². The fraction of sp³-hybridized carbons (Fsp3) is 0.185. The third-order valence-corrected chi connectivity index (χ3v) is 5.85. The van der Waals surface area contributed by atoms with E-state index in [1.165, 1.54) is 0 Å². The predicted molar refractivity (Wildman–Crippen MR) is 135 cm³/mol. The van der Waals surface area contributed by atoms with E-state index in [1.807, 2.05) is 99.8 Å². The number of para-hydroxylation sites is 1. The number of aromatic nitrogens is 2. The van der Waals surface area contributed by atoms with Gasteiger partial charge in [0.2, 0.25) is 0 Å². The highest BCUT2D eigenvalue weighted by atomic mass is 16.5. The van der Waals surface area contributed by atoms with Gasteiger partial charge in [-0.2, -0.15) is 0 Å². The SMILES string of the molecule is COc1ccc(C)cc1NC(=O)[C@H](Nc1c(C)n(C)n(-c2ccccc2)c1=O)c1ccccc1. The van der Waals surface area contributed by atoms with E-state index in [1.54, 1.807) is 16.5 Å². The van der Waals surface area contributed by atoms with Crippen LogP contribution in [0.15, 0.2) is 83.7 Å². The number of rotatable bonds is 7. The van der Waals surface area contributed by atoms with Crippen LogP contribution in [0.1, 0.15) is 22.9 Å². The number of nitrogens with zero attached hydrogens (tertiary/aromatic N) is 2. The van der Waals surface area contributed by atoms with Crippen LogP contribution in [0.25, 0.3) is 5.69 Å². The molecule has 7 heteroatoms. The van der Waals surface area contributed by atoms with Crippen molar-refractivity contribution in [1.82, 2.24) is 9.36 Å². The van der Waals surface area contributed by atoms with Crippen LogP contribution in [0, 0.1) is 13.8 Å². The molecule has 0 saturated carbocycles. The Hall–Kier alpha value is -4.26. The molecule has 1 amide bonds. The molecule has 3 aromatic carbocycles. The molecule has 0 saturated heterocycles. The molecule has 2 N–H and O–H groups in total. The van der Waals surface area contributed by atoms with Crippen molar-refractivity contribution in [3.63, 3.8) is 0 Å². The number of benzene rings is 3. The number of amides is 1. The molecule has 0 spiro atoms. The van der Waals surface area contributed by atoms with E-state index in [2.05, 4.69) is 10.6 Å². The first-order valence-corrected chi connectivity index (χ1v) is 11.0. The van der Waals surface area contributed by atoms with Gasteiger partial charge in [-0.25, -0.2) is 4.68 Å². The molecule has 0 aliphatic heterocycles. The van der Waals surface area contributed by atoms with Crippen LogP contribution >= 0.6 is 0 Å². The van der Waals surface area contributed by atoms with Crippen molar-refractivity contribution in [2.45, 2.75) is 19.9 Å². The van der Waals surface area contributed by atoms with Crippen LogP contribution in [0.4, 0.5) is 11.4 Å². The van der Waals surface area contributed by atoms with Crippen LogP contribution in [0.5, 0.6) is 5.75 Å². The number of ether oxygens (including phenoxy) is 1. The third kappa shape index (κ3) is 4.45.